The molecule has 2 aromatic heterocycles. The van der Waals surface area contributed by atoms with Crippen LogP contribution in [0.2, 0.25) is 5.02 Å². The molecule has 8 heteroatoms. The summed E-state index contributed by atoms with van der Waals surface area (Å²) in [6.45, 7) is 7.12. The molecule has 0 spiro atoms. The summed E-state index contributed by atoms with van der Waals surface area (Å²) >= 11 is 6.07. The molecule has 0 amide bonds. The molecule has 32 heavy (non-hydrogen) atoms. The number of aromatic nitrogens is 3. The Kier molecular flexibility index (Phi) is 7.96. The maximum Gasteiger partial charge on any atom is 0.224 e. The van der Waals surface area contributed by atoms with Crippen molar-refractivity contribution in [2.45, 2.75) is 32.6 Å². The quantitative estimate of drug-likeness (QED) is 0.421. The van der Waals surface area contributed by atoms with E-state index in [9.17, 15) is 0 Å². The number of rotatable bonds is 10. The molecule has 0 unspecified atom stereocenters. The van der Waals surface area contributed by atoms with Gasteiger partial charge in [-0.2, -0.15) is 4.98 Å². The summed E-state index contributed by atoms with van der Waals surface area (Å²) in [7, 11) is 0. The predicted molar refractivity (Wildman–Crippen MR) is 132 cm³/mol. The monoisotopic (exact) mass is 454 g/mol. The van der Waals surface area contributed by atoms with E-state index in [4.69, 9.17) is 21.3 Å². The van der Waals surface area contributed by atoms with Crippen molar-refractivity contribution in [3.8, 4) is 0 Å². The van der Waals surface area contributed by atoms with Gasteiger partial charge in [-0.3, -0.25) is 4.98 Å². The van der Waals surface area contributed by atoms with Crippen LogP contribution in [0.3, 0.4) is 0 Å². The molecule has 0 bridgehead atoms. The van der Waals surface area contributed by atoms with Gasteiger partial charge in [0.2, 0.25) is 5.95 Å². The average Bonchev–Trinajstić information content (AvgIpc) is 2.81. The van der Waals surface area contributed by atoms with Gasteiger partial charge in [-0.1, -0.05) is 24.4 Å². The molecular weight excluding hydrogens is 424 g/mol. The number of nitrogens with zero attached hydrogens (tertiary/aromatic N) is 4. The van der Waals surface area contributed by atoms with Gasteiger partial charge >= 0.3 is 0 Å². The second-order valence-corrected chi connectivity index (χ2v) is 8.51. The summed E-state index contributed by atoms with van der Waals surface area (Å²) in [4.78, 5) is 15.9. The number of ether oxygens (including phenoxy) is 1. The van der Waals surface area contributed by atoms with Gasteiger partial charge < -0.3 is 20.3 Å². The molecule has 1 aromatic carbocycles. The number of morpholine rings is 1. The fourth-order valence-corrected chi connectivity index (χ4v) is 4.05. The van der Waals surface area contributed by atoms with Crippen LogP contribution in [0.1, 0.15) is 31.4 Å². The minimum Gasteiger partial charge on any atom is -0.384 e. The number of nitrogens with one attached hydrogen (secondary N) is 2. The number of anilines is 3. The summed E-state index contributed by atoms with van der Waals surface area (Å²) in [5.41, 5.74) is 3.02. The minimum absolute atomic E-state index is 0.712. The van der Waals surface area contributed by atoms with Crippen LogP contribution >= 0.6 is 11.6 Å². The van der Waals surface area contributed by atoms with Gasteiger partial charge in [0.25, 0.3) is 0 Å². The fraction of sp³-hybridized carbons (Fsp3) is 0.458. The van der Waals surface area contributed by atoms with Crippen LogP contribution < -0.4 is 15.5 Å². The molecule has 4 rings (SSSR count). The topological polar surface area (TPSA) is 75.2 Å². The molecule has 1 fully saturated rings. The normalized spacial score (nSPS) is 14.0. The predicted octanol–water partition coefficient (Wildman–Crippen LogP) is 4.91. The molecule has 0 radical (unpaired) electrons. The zero-order valence-electron chi connectivity index (χ0n) is 18.6. The van der Waals surface area contributed by atoms with Crippen molar-refractivity contribution in [3.63, 3.8) is 0 Å². The van der Waals surface area contributed by atoms with Crippen molar-refractivity contribution in [3.05, 3.63) is 47.2 Å². The lowest BCUT2D eigenvalue weighted by Crippen LogP contribution is -2.37. The number of benzene rings is 1. The van der Waals surface area contributed by atoms with E-state index in [1.54, 1.807) is 0 Å². The lowest BCUT2D eigenvalue weighted by molar-refractivity contribution is 0.122. The van der Waals surface area contributed by atoms with Crippen LogP contribution in [0, 0.1) is 6.92 Å². The Bertz CT molecular complexity index is 1020. The van der Waals surface area contributed by atoms with Gasteiger partial charge in [0.05, 0.1) is 18.7 Å². The lowest BCUT2D eigenvalue weighted by Gasteiger charge is -2.28. The van der Waals surface area contributed by atoms with E-state index < -0.39 is 0 Å². The number of hydrogen-bond acceptors (Lipinski definition) is 7. The van der Waals surface area contributed by atoms with E-state index in [-0.39, 0.29) is 0 Å². The molecule has 3 heterocycles. The number of fused-ring (bicyclic) bond motifs is 1. The largest absolute Gasteiger partial charge is 0.384 e. The van der Waals surface area contributed by atoms with Crippen LogP contribution in [-0.2, 0) is 4.74 Å². The van der Waals surface area contributed by atoms with Crippen molar-refractivity contribution >= 4 is 40.0 Å². The van der Waals surface area contributed by atoms with Crippen molar-refractivity contribution in [2.75, 3.05) is 54.9 Å². The Hall–Kier alpha value is -2.64. The Morgan fingerprint density at radius 1 is 0.969 bits per heavy atom. The van der Waals surface area contributed by atoms with Gasteiger partial charge in [-0.05, 0) is 44.0 Å². The molecule has 1 aliphatic rings. The van der Waals surface area contributed by atoms with E-state index >= 15 is 0 Å². The minimum atomic E-state index is 0.712. The first-order valence-electron chi connectivity index (χ1n) is 11.4. The molecule has 0 saturated carbocycles. The molecular formula is C24H31ClN6O. The van der Waals surface area contributed by atoms with Gasteiger partial charge in [-0.15, -0.1) is 0 Å². The van der Waals surface area contributed by atoms with Crippen molar-refractivity contribution in [2.24, 2.45) is 0 Å². The lowest BCUT2D eigenvalue weighted by atomic mass is 10.1. The highest BCUT2D eigenvalue weighted by Crippen LogP contribution is 2.24. The first kappa shape index (κ1) is 22.6. The Balaban J connectivity index is 1.15. The standard InChI is InChI=1S/C24H31ClN6O/c1-18-16-23(31-12-14-32-15-13-31)30-24(29-18)28-10-5-3-2-4-9-26-21-8-11-27-22-17-19(25)6-7-20(21)22/h6-8,11,16-17H,2-5,9-10,12-15H2,1H3,(H,26,27)(H,28,29,30). The highest BCUT2D eigenvalue weighted by Gasteiger charge is 2.14. The number of halogens is 1. The van der Waals surface area contributed by atoms with E-state index in [2.05, 4.69) is 25.5 Å². The van der Waals surface area contributed by atoms with Crippen LogP contribution in [0.15, 0.2) is 36.5 Å². The summed E-state index contributed by atoms with van der Waals surface area (Å²) in [5.74, 6) is 1.71. The van der Waals surface area contributed by atoms with Crippen LogP contribution in [-0.4, -0.2) is 54.3 Å². The molecule has 1 saturated heterocycles. The highest BCUT2D eigenvalue weighted by molar-refractivity contribution is 6.31. The summed E-state index contributed by atoms with van der Waals surface area (Å²) in [6, 6.07) is 9.90. The number of unbranched alkanes of at least 4 members (excludes halogenated alkanes) is 3. The van der Waals surface area contributed by atoms with E-state index in [0.29, 0.717) is 5.02 Å². The van der Waals surface area contributed by atoms with E-state index in [1.165, 1.54) is 12.8 Å². The zero-order valence-corrected chi connectivity index (χ0v) is 19.4. The highest BCUT2D eigenvalue weighted by atomic mass is 35.5. The third kappa shape index (κ3) is 6.20. The summed E-state index contributed by atoms with van der Waals surface area (Å²) in [5, 5.41) is 8.75. The maximum absolute atomic E-state index is 6.07. The van der Waals surface area contributed by atoms with Crippen LogP contribution in [0.25, 0.3) is 10.9 Å². The molecule has 0 aliphatic carbocycles. The second kappa shape index (κ2) is 11.3. The Labute approximate surface area is 194 Å². The Morgan fingerprint density at radius 3 is 2.56 bits per heavy atom. The number of hydrogen-bond donors (Lipinski definition) is 2. The zero-order chi connectivity index (χ0) is 22.2. The SMILES string of the molecule is Cc1cc(N2CCOCC2)nc(NCCCCCCNc2ccnc3cc(Cl)ccc23)n1. The third-order valence-corrected chi connectivity index (χ3v) is 5.82. The molecule has 7 nitrogen and oxygen atoms in total. The third-order valence-electron chi connectivity index (χ3n) is 5.58. The second-order valence-electron chi connectivity index (χ2n) is 8.08. The summed E-state index contributed by atoms with van der Waals surface area (Å²) < 4.78 is 5.44. The average molecular weight is 455 g/mol. The van der Waals surface area contributed by atoms with E-state index in [0.717, 1.165) is 86.3 Å². The van der Waals surface area contributed by atoms with Crippen molar-refractivity contribution < 1.29 is 4.74 Å². The van der Waals surface area contributed by atoms with Gasteiger partial charge in [0.1, 0.15) is 5.82 Å². The van der Waals surface area contributed by atoms with E-state index in [1.807, 2.05) is 43.5 Å². The maximum atomic E-state index is 6.07. The molecule has 170 valence electrons. The fourth-order valence-electron chi connectivity index (χ4n) is 3.89. The first-order chi connectivity index (χ1) is 15.7. The van der Waals surface area contributed by atoms with Crippen molar-refractivity contribution in [1.82, 2.24) is 15.0 Å². The number of pyridine rings is 1. The smallest absolute Gasteiger partial charge is 0.224 e. The van der Waals surface area contributed by atoms with Gasteiger partial charge in [-0.25, -0.2) is 4.98 Å². The van der Waals surface area contributed by atoms with Crippen LogP contribution in [0.4, 0.5) is 17.5 Å². The van der Waals surface area contributed by atoms with Crippen LogP contribution in [0.5, 0.6) is 0 Å². The molecule has 0 atom stereocenters. The van der Waals surface area contributed by atoms with Gasteiger partial charge in [0.15, 0.2) is 0 Å². The Morgan fingerprint density at radius 2 is 1.75 bits per heavy atom. The summed E-state index contributed by atoms with van der Waals surface area (Å²) in [6.07, 6.45) is 6.39. The molecule has 2 N–H and O–H groups in total. The number of aryl methyl sites for hydroxylation is 1. The van der Waals surface area contributed by atoms with Crippen molar-refractivity contribution in [1.29, 1.82) is 0 Å². The van der Waals surface area contributed by atoms with Gasteiger partial charge in [0, 0.05) is 60.2 Å². The molecule has 1 aliphatic heterocycles. The first-order valence-corrected chi connectivity index (χ1v) is 11.8. The molecule has 3 aromatic rings.